The Balaban J connectivity index is 3.14. The number of anilines is 1. The summed E-state index contributed by atoms with van der Waals surface area (Å²) in [5.74, 6) is -1.91. The number of rotatable bonds is 2. The summed E-state index contributed by atoms with van der Waals surface area (Å²) in [6.07, 6.45) is 0. The number of aromatic carboxylic acids is 1. The number of hydroxylamine groups is 1. The van der Waals surface area contributed by atoms with Crippen molar-refractivity contribution >= 4 is 17.6 Å². The molecule has 1 aromatic carbocycles. The van der Waals surface area contributed by atoms with E-state index >= 15 is 0 Å². The normalized spacial score (nSPS) is 9.50. The van der Waals surface area contributed by atoms with E-state index in [1.807, 2.05) is 0 Å². The maximum absolute atomic E-state index is 10.9. The summed E-state index contributed by atoms with van der Waals surface area (Å²) in [7, 11) is 0. The SMILES string of the molecule is Nc1cc(C(=O)O)ccc1C(=O)NO. The number of carbonyl (C=O) groups is 2. The summed E-state index contributed by atoms with van der Waals surface area (Å²) in [5.41, 5.74) is 6.81. The number of benzene rings is 1. The van der Waals surface area contributed by atoms with Gasteiger partial charge < -0.3 is 10.8 Å². The summed E-state index contributed by atoms with van der Waals surface area (Å²) in [5, 5.41) is 16.9. The molecule has 0 fully saturated rings. The number of carboxylic acid groups (broad SMARTS) is 1. The van der Waals surface area contributed by atoms with Crippen molar-refractivity contribution in [3.05, 3.63) is 29.3 Å². The Labute approximate surface area is 78.9 Å². The Bertz CT molecular complexity index is 389. The Kier molecular flexibility index (Phi) is 2.68. The average Bonchev–Trinajstić information content (AvgIpc) is 2.16. The van der Waals surface area contributed by atoms with E-state index in [9.17, 15) is 9.59 Å². The van der Waals surface area contributed by atoms with Crippen LogP contribution in [0.2, 0.25) is 0 Å². The molecule has 0 unspecified atom stereocenters. The van der Waals surface area contributed by atoms with Crippen molar-refractivity contribution in [1.82, 2.24) is 5.48 Å². The first-order chi connectivity index (χ1) is 6.56. The molecule has 0 bridgehead atoms. The number of carboxylic acids is 1. The van der Waals surface area contributed by atoms with Gasteiger partial charge in [-0.2, -0.15) is 0 Å². The number of amides is 1. The molecule has 0 atom stereocenters. The first-order valence-corrected chi connectivity index (χ1v) is 3.63. The molecule has 6 nitrogen and oxygen atoms in total. The molecule has 14 heavy (non-hydrogen) atoms. The minimum atomic E-state index is -1.13. The molecule has 0 aliphatic rings. The molecule has 0 aliphatic heterocycles. The molecule has 5 N–H and O–H groups in total. The fourth-order valence-electron chi connectivity index (χ4n) is 0.963. The van der Waals surface area contributed by atoms with Crippen LogP contribution in [0.25, 0.3) is 0 Å². The van der Waals surface area contributed by atoms with Gasteiger partial charge in [0.25, 0.3) is 5.91 Å². The lowest BCUT2D eigenvalue weighted by molar-refractivity contribution is 0.0690. The van der Waals surface area contributed by atoms with Crippen molar-refractivity contribution in [3.8, 4) is 0 Å². The molecule has 1 rings (SSSR count). The van der Waals surface area contributed by atoms with E-state index in [-0.39, 0.29) is 16.8 Å². The zero-order valence-electron chi connectivity index (χ0n) is 7.02. The molecule has 1 aromatic rings. The van der Waals surface area contributed by atoms with E-state index in [1.165, 1.54) is 17.6 Å². The highest BCUT2D eigenvalue weighted by Gasteiger charge is 2.11. The molecule has 1 amide bonds. The van der Waals surface area contributed by atoms with Crippen LogP contribution in [0.15, 0.2) is 18.2 Å². The Morgan fingerprint density at radius 2 is 2.00 bits per heavy atom. The number of carbonyl (C=O) groups excluding carboxylic acids is 1. The minimum absolute atomic E-state index is 0.00329. The molecule has 0 spiro atoms. The number of nitrogens with one attached hydrogen (secondary N) is 1. The quantitative estimate of drug-likeness (QED) is 0.304. The van der Waals surface area contributed by atoms with Gasteiger partial charge in [-0.3, -0.25) is 10.0 Å². The third kappa shape index (κ3) is 1.80. The summed E-state index contributed by atoms with van der Waals surface area (Å²) in [6, 6.07) is 3.60. The van der Waals surface area contributed by atoms with Crippen molar-refractivity contribution in [3.63, 3.8) is 0 Å². The van der Waals surface area contributed by atoms with Crippen LogP contribution in [0.1, 0.15) is 20.7 Å². The van der Waals surface area contributed by atoms with Crippen molar-refractivity contribution in [2.75, 3.05) is 5.73 Å². The van der Waals surface area contributed by atoms with Gasteiger partial charge in [-0.1, -0.05) is 0 Å². The average molecular weight is 196 g/mol. The summed E-state index contributed by atoms with van der Waals surface area (Å²) in [6.45, 7) is 0. The van der Waals surface area contributed by atoms with Gasteiger partial charge in [-0.25, -0.2) is 10.3 Å². The fraction of sp³-hybridized carbons (Fsp3) is 0. The van der Waals surface area contributed by atoms with Crippen LogP contribution in [0.3, 0.4) is 0 Å². The Morgan fingerprint density at radius 1 is 1.36 bits per heavy atom. The topological polar surface area (TPSA) is 113 Å². The van der Waals surface area contributed by atoms with Crippen LogP contribution in [0.4, 0.5) is 5.69 Å². The summed E-state index contributed by atoms with van der Waals surface area (Å²) in [4.78, 5) is 21.4. The predicted molar refractivity (Wildman–Crippen MR) is 47.1 cm³/mol. The van der Waals surface area contributed by atoms with E-state index in [0.717, 1.165) is 6.07 Å². The predicted octanol–water partition coefficient (Wildman–Crippen LogP) is 0.0860. The van der Waals surface area contributed by atoms with E-state index in [1.54, 1.807) is 0 Å². The molecule has 0 aliphatic carbocycles. The molecule has 74 valence electrons. The van der Waals surface area contributed by atoms with Gasteiger partial charge in [-0.15, -0.1) is 0 Å². The van der Waals surface area contributed by atoms with E-state index in [4.69, 9.17) is 16.0 Å². The largest absolute Gasteiger partial charge is 0.478 e. The lowest BCUT2D eigenvalue weighted by atomic mass is 10.1. The number of nitrogens with two attached hydrogens (primary N) is 1. The van der Waals surface area contributed by atoms with Crippen molar-refractivity contribution in [2.45, 2.75) is 0 Å². The zero-order chi connectivity index (χ0) is 10.7. The van der Waals surface area contributed by atoms with Crippen LogP contribution in [0.5, 0.6) is 0 Å². The molecule has 0 radical (unpaired) electrons. The second-order valence-electron chi connectivity index (χ2n) is 2.55. The van der Waals surface area contributed by atoms with Crippen LogP contribution < -0.4 is 11.2 Å². The van der Waals surface area contributed by atoms with Crippen molar-refractivity contribution in [1.29, 1.82) is 0 Å². The van der Waals surface area contributed by atoms with Crippen LogP contribution in [-0.4, -0.2) is 22.2 Å². The van der Waals surface area contributed by atoms with Gasteiger partial charge in [0.1, 0.15) is 0 Å². The fourth-order valence-corrected chi connectivity index (χ4v) is 0.963. The second-order valence-corrected chi connectivity index (χ2v) is 2.55. The summed E-state index contributed by atoms with van der Waals surface area (Å²) < 4.78 is 0. The number of nitrogen functional groups attached to an aromatic ring is 1. The first kappa shape index (κ1) is 10.0. The minimum Gasteiger partial charge on any atom is -0.478 e. The molecule has 6 heteroatoms. The standard InChI is InChI=1S/C8H8N2O4/c9-6-3-4(8(12)13)1-2-5(6)7(11)10-14/h1-3,14H,9H2,(H,10,11)(H,12,13). The second kappa shape index (κ2) is 3.75. The number of hydrogen-bond donors (Lipinski definition) is 4. The molecule has 0 aromatic heterocycles. The van der Waals surface area contributed by atoms with E-state index in [2.05, 4.69) is 0 Å². The number of hydrogen-bond acceptors (Lipinski definition) is 4. The maximum atomic E-state index is 10.9. The lowest BCUT2D eigenvalue weighted by Crippen LogP contribution is -2.20. The van der Waals surface area contributed by atoms with Gasteiger partial charge in [-0.05, 0) is 18.2 Å². The first-order valence-electron chi connectivity index (χ1n) is 3.63. The van der Waals surface area contributed by atoms with Crippen molar-refractivity contribution < 1.29 is 19.9 Å². The highest BCUT2D eigenvalue weighted by Crippen LogP contribution is 2.13. The third-order valence-corrected chi connectivity index (χ3v) is 1.64. The van der Waals surface area contributed by atoms with Gasteiger partial charge in [0, 0.05) is 5.69 Å². The molecule has 0 saturated carbocycles. The monoisotopic (exact) mass is 196 g/mol. The molecule has 0 heterocycles. The van der Waals surface area contributed by atoms with Gasteiger partial charge >= 0.3 is 5.97 Å². The molecular weight excluding hydrogens is 188 g/mol. The highest BCUT2D eigenvalue weighted by molar-refractivity contribution is 6.00. The van der Waals surface area contributed by atoms with Crippen molar-refractivity contribution in [2.24, 2.45) is 0 Å². The Morgan fingerprint density at radius 3 is 2.43 bits per heavy atom. The van der Waals surface area contributed by atoms with E-state index < -0.39 is 11.9 Å². The summed E-state index contributed by atoms with van der Waals surface area (Å²) >= 11 is 0. The highest BCUT2D eigenvalue weighted by atomic mass is 16.5. The Hall–Kier alpha value is -2.08. The third-order valence-electron chi connectivity index (χ3n) is 1.64. The molecule has 0 saturated heterocycles. The van der Waals surface area contributed by atoms with Crippen LogP contribution in [-0.2, 0) is 0 Å². The van der Waals surface area contributed by atoms with Gasteiger partial charge in [0.05, 0.1) is 11.1 Å². The maximum Gasteiger partial charge on any atom is 0.335 e. The zero-order valence-corrected chi connectivity index (χ0v) is 7.02. The molecular formula is C8H8N2O4. The van der Waals surface area contributed by atoms with Crippen LogP contribution >= 0.6 is 0 Å². The van der Waals surface area contributed by atoms with Gasteiger partial charge in [0.15, 0.2) is 0 Å². The smallest absolute Gasteiger partial charge is 0.335 e. The lowest BCUT2D eigenvalue weighted by Gasteiger charge is -2.03. The van der Waals surface area contributed by atoms with Gasteiger partial charge in [0.2, 0.25) is 0 Å². The van der Waals surface area contributed by atoms with E-state index in [0.29, 0.717) is 0 Å². The van der Waals surface area contributed by atoms with Crippen LogP contribution in [0, 0.1) is 0 Å².